The topological polar surface area (TPSA) is 156 Å². The van der Waals surface area contributed by atoms with Crippen LogP contribution in [0.25, 0.3) is 0 Å². The summed E-state index contributed by atoms with van der Waals surface area (Å²) in [5, 5.41) is 38.0. The Balaban J connectivity index is 0.000000262. The maximum atomic E-state index is 9.77. The number of aryl methyl sites for hydroxylation is 2. The summed E-state index contributed by atoms with van der Waals surface area (Å²) in [5.74, 6) is -2.64. The van der Waals surface area contributed by atoms with Crippen LogP contribution in [0.5, 0.6) is 0 Å². The van der Waals surface area contributed by atoms with Crippen molar-refractivity contribution in [1.29, 1.82) is 0 Å². The molecule has 1 aliphatic carbocycles. The number of H-pyrrole nitrogens is 1. The Bertz CT molecular complexity index is 957. The smallest absolute Gasteiger partial charge is 0.335 e. The second-order valence-corrected chi connectivity index (χ2v) is 9.31. The van der Waals surface area contributed by atoms with Crippen molar-refractivity contribution in [3.8, 4) is 0 Å². The Kier molecular flexibility index (Phi) is 9.16. The largest absolute Gasteiger partial charge is 0.479 e. The molecule has 33 heavy (non-hydrogen) atoms. The van der Waals surface area contributed by atoms with Crippen LogP contribution in [0, 0.1) is 0 Å². The number of carbonyl (C=O) groups is 2. The number of halogens is 1. The van der Waals surface area contributed by atoms with Gasteiger partial charge >= 0.3 is 11.9 Å². The summed E-state index contributed by atoms with van der Waals surface area (Å²) in [6.45, 7) is 2.10. The average Bonchev–Trinajstić information content (AvgIpc) is 3.06. The van der Waals surface area contributed by atoms with E-state index in [1.807, 2.05) is 0 Å². The van der Waals surface area contributed by atoms with Gasteiger partial charge in [0.1, 0.15) is 0 Å². The minimum Gasteiger partial charge on any atom is -0.479 e. The van der Waals surface area contributed by atoms with Gasteiger partial charge in [-0.05, 0) is 74.4 Å². The van der Waals surface area contributed by atoms with Gasteiger partial charge in [0.15, 0.2) is 17.4 Å². The van der Waals surface area contributed by atoms with Gasteiger partial charge in [0, 0.05) is 16.5 Å². The lowest BCUT2D eigenvalue weighted by Crippen LogP contribution is -2.39. The predicted octanol–water partition coefficient (Wildman–Crippen LogP) is 1.80. The van der Waals surface area contributed by atoms with Crippen molar-refractivity contribution in [2.24, 2.45) is 0 Å². The Labute approximate surface area is 200 Å². The summed E-state index contributed by atoms with van der Waals surface area (Å²) in [6, 6.07) is 4.26. The van der Waals surface area contributed by atoms with E-state index in [2.05, 4.69) is 22.4 Å². The Morgan fingerprint density at radius 3 is 2.36 bits per heavy atom. The minimum absolute atomic E-state index is 0.897. The Hall–Kier alpha value is -2.11. The highest BCUT2D eigenvalue weighted by atomic mass is 35.5. The summed E-state index contributed by atoms with van der Waals surface area (Å²) < 4.78 is 0. The van der Waals surface area contributed by atoms with Gasteiger partial charge in [-0.1, -0.05) is 29.4 Å². The van der Waals surface area contributed by atoms with E-state index in [4.69, 9.17) is 37.0 Å². The number of carboxylic acids is 2. The summed E-state index contributed by atoms with van der Waals surface area (Å²) >= 11 is 8.31. The van der Waals surface area contributed by atoms with Crippen molar-refractivity contribution in [2.75, 3.05) is 13.1 Å². The highest BCUT2D eigenvalue weighted by Crippen LogP contribution is 2.32. The average molecular weight is 498 g/mol. The molecule has 0 radical (unpaired) electrons. The van der Waals surface area contributed by atoms with Gasteiger partial charge in [-0.3, -0.25) is 0 Å². The molecule has 0 saturated heterocycles. The molecule has 2 aliphatic rings. The SMILES string of the molecule is Clc1ccc2c(c1CSc1nc3c([nH]1)CCCC3)CCNCC2.O=C(O)[C@H](O)[C@@H](O)C(=O)O. The van der Waals surface area contributed by atoms with E-state index in [0.29, 0.717) is 0 Å². The zero-order chi connectivity index (χ0) is 24.0. The number of aromatic nitrogens is 2. The zero-order valence-corrected chi connectivity index (χ0v) is 19.6. The third-order valence-electron chi connectivity index (χ3n) is 5.69. The molecule has 0 unspecified atom stereocenters. The van der Waals surface area contributed by atoms with E-state index >= 15 is 0 Å². The Morgan fingerprint density at radius 2 is 1.70 bits per heavy atom. The van der Waals surface area contributed by atoms with Crippen LogP contribution in [0.15, 0.2) is 17.3 Å². The van der Waals surface area contributed by atoms with Crippen LogP contribution in [0.3, 0.4) is 0 Å². The van der Waals surface area contributed by atoms with E-state index in [1.165, 1.54) is 40.9 Å². The number of hydrogen-bond acceptors (Lipinski definition) is 7. The molecule has 180 valence electrons. The molecular formula is C22H28ClN3O6S. The van der Waals surface area contributed by atoms with Gasteiger partial charge in [0.05, 0.1) is 5.69 Å². The number of benzene rings is 1. The van der Waals surface area contributed by atoms with E-state index in [-0.39, 0.29) is 0 Å². The minimum atomic E-state index is -2.27. The first-order chi connectivity index (χ1) is 15.8. The lowest BCUT2D eigenvalue weighted by molar-refractivity contribution is -0.165. The lowest BCUT2D eigenvalue weighted by atomic mass is 9.98. The van der Waals surface area contributed by atoms with E-state index in [0.717, 1.165) is 54.7 Å². The van der Waals surface area contributed by atoms with Crippen molar-refractivity contribution in [2.45, 2.75) is 61.6 Å². The number of carboxylic acid groups (broad SMARTS) is 2. The van der Waals surface area contributed by atoms with Crippen LogP contribution in [-0.2, 0) is 41.0 Å². The first-order valence-electron chi connectivity index (χ1n) is 10.8. The molecule has 6 N–H and O–H groups in total. The highest BCUT2D eigenvalue weighted by molar-refractivity contribution is 7.98. The van der Waals surface area contributed by atoms with Gasteiger partial charge in [-0.2, -0.15) is 0 Å². The molecule has 1 aromatic heterocycles. The number of nitrogens with one attached hydrogen (secondary N) is 2. The molecule has 0 bridgehead atoms. The van der Waals surface area contributed by atoms with Crippen LogP contribution < -0.4 is 5.32 Å². The predicted molar refractivity (Wildman–Crippen MR) is 124 cm³/mol. The maximum Gasteiger partial charge on any atom is 0.335 e. The number of thioether (sulfide) groups is 1. The molecular weight excluding hydrogens is 470 g/mol. The van der Waals surface area contributed by atoms with Crippen molar-refractivity contribution in [3.05, 3.63) is 45.2 Å². The molecule has 2 atom stereocenters. The van der Waals surface area contributed by atoms with Gasteiger partial charge in [0.25, 0.3) is 0 Å². The van der Waals surface area contributed by atoms with Crippen molar-refractivity contribution >= 4 is 35.3 Å². The number of aliphatic carboxylic acids is 2. The van der Waals surface area contributed by atoms with Gasteiger partial charge < -0.3 is 30.7 Å². The molecule has 1 aromatic carbocycles. The van der Waals surface area contributed by atoms with E-state index < -0.39 is 24.1 Å². The maximum absolute atomic E-state index is 9.77. The third-order valence-corrected chi connectivity index (χ3v) is 6.94. The number of aliphatic hydroxyl groups is 2. The third kappa shape index (κ3) is 6.70. The molecule has 11 heteroatoms. The van der Waals surface area contributed by atoms with Crippen LogP contribution in [-0.4, -0.2) is 67.6 Å². The number of nitrogens with zero attached hydrogens (tertiary/aromatic N) is 1. The first-order valence-corrected chi connectivity index (χ1v) is 12.2. The standard InChI is InChI=1S/C18H22ClN3S.C4H6O6/c19-15-6-5-12-7-9-20-10-8-13(12)14(15)11-23-18-21-16-3-1-2-4-17(16)22-18;5-1(3(7)8)2(6)4(9)10/h5-6,20H,1-4,7-11H2,(H,21,22);1-2,5-6H,(H,7,8)(H,9,10)/t;1-,2-/m.1/s1. The van der Waals surface area contributed by atoms with E-state index in [1.54, 1.807) is 11.8 Å². The summed E-state index contributed by atoms with van der Waals surface area (Å²) in [7, 11) is 0. The molecule has 1 aliphatic heterocycles. The molecule has 9 nitrogen and oxygen atoms in total. The van der Waals surface area contributed by atoms with Crippen LogP contribution in [0.1, 0.15) is 40.9 Å². The van der Waals surface area contributed by atoms with Crippen molar-refractivity contribution in [3.63, 3.8) is 0 Å². The quantitative estimate of drug-likeness (QED) is 0.327. The number of hydrogen-bond donors (Lipinski definition) is 6. The molecule has 0 spiro atoms. The second-order valence-electron chi connectivity index (χ2n) is 7.94. The molecule has 0 saturated carbocycles. The Morgan fingerprint density at radius 1 is 1.03 bits per heavy atom. The molecule has 0 amide bonds. The highest BCUT2D eigenvalue weighted by Gasteiger charge is 2.29. The van der Waals surface area contributed by atoms with Crippen LogP contribution >= 0.6 is 23.4 Å². The summed E-state index contributed by atoms with van der Waals surface area (Å²) in [6.07, 6.45) is 2.46. The van der Waals surface area contributed by atoms with Gasteiger partial charge in [-0.15, -0.1) is 0 Å². The fraction of sp³-hybridized carbons (Fsp3) is 0.500. The van der Waals surface area contributed by atoms with Crippen LogP contribution in [0.4, 0.5) is 0 Å². The number of aromatic amines is 1. The molecule has 4 rings (SSSR count). The number of rotatable bonds is 6. The van der Waals surface area contributed by atoms with Crippen molar-refractivity contribution in [1.82, 2.24) is 15.3 Å². The fourth-order valence-corrected chi connectivity index (χ4v) is 5.19. The fourth-order valence-electron chi connectivity index (χ4n) is 3.88. The number of aliphatic hydroxyl groups excluding tert-OH is 2. The number of imidazole rings is 1. The first kappa shape index (κ1) is 25.5. The zero-order valence-electron chi connectivity index (χ0n) is 18.0. The number of fused-ring (bicyclic) bond motifs is 2. The normalized spacial score (nSPS) is 16.9. The lowest BCUT2D eigenvalue weighted by Gasteiger charge is -2.13. The van der Waals surface area contributed by atoms with Crippen LogP contribution in [0.2, 0.25) is 5.02 Å². The van der Waals surface area contributed by atoms with Crippen molar-refractivity contribution < 1.29 is 30.0 Å². The molecule has 2 aromatic rings. The summed E-state index contributed by atoms with van der Waals surface area (Å²) in [4.78, 5) is 27.8. The van der Waals surface area contributed by atoms with Gasteiger partial charge in [0.2, 0.25) is 0 Å². The summed E-state index contributed by atoms with van der Waals surface area (Å²) in [5.41, 5.74) is 6.83. The monoisotopic (exact) mass is 497 g/mol. The second kappa shape index (κ2) is 11.8. The molecule has 0 fully saturated rings. The van der Waals surface area contributed by atoms with E-state index in [9.17, 15) is 9.59 Å². The molecule has 2 heterocycles. The van der Waals surface area contributed by atoms with Gasteiger partial charge in [-0.25, -0.2) is 14.6 Å².